The molecule has 14 N–H and O–H groups in total. The number of Topliss-reactive ketones (excluding diaryl/α,β-unsaturated/α-hetero) is 1. The summed E-state index contributed by atoms with van der Waals surface area (Å²) < 4.78 is 45.0. The Morgan fingerprint density at radius 1 is 0.435 bits per heavy atom. The average molecular weight is 1840 g/mol. The number of likely N-dealkylation sites (tertiary alicyclic amines) is 1. The number of aromatic nitrogens is 6. The maximum atomic E-state index is 12.7. The Bertz CT molecular complexity index is 4100. The monoisotopic (exact) mass is 1840 g/mol. The number of carbonyl (C=O) groups excluding carboxylic acids is 9. The molecule has 9 rings (SSSR count). The van der Waals surface area contributed by atoms with Crippen LogP contribution in [0.4, 0.5) is 37.1 Å². The minimum atomic E-state index is -1.06. The largest absolute Gasteiger partial charge is 1.00 e. The van der Waals surface area contributed by atoms with Crippen molar-refractivity contribution in [1.82, 2.24) is 58.1 Å². The fourth-order valence-corrected chi connectivity index (χ4v) is 12.2. The predicted molar refractivity (Wildman–Crippen MR) is 476 cm³/mol. The standard InChI is InChI=1S/C21H31N5O4.C16H27N3O2.C14H22N2O4.C12H20N4O2.C10H16N2O3.C10H18O5.3ClH.K.H2O/c1-16-12-19(26(14-16)5-3-9-27)21(29)23-17-13-18(24(2)15-17)20(28)22-4-6-25-7-10-30-11-8-25;1-14-12-15(19(13-14)9-5-11-20)16(21)17-6-10-18-7-3-2-4-8-18;1-10(18)12-8-11(9-16(12)6-5-7-17)15-13(19)20-14(2,3)4;1-15-9-10(13)8-11(15)12(17)14-2-3-16-4-6-18-7-5-16;1-2-15-10(14)9-6-8(11)7-12(9)4-3-5-13;1-9(2,3)14-7(11)13-8(12)15-10(4,5)6;;;;;/h12-15,27H,3-11H2,1-2H3,(H,22,28)(H,23,29);12-13,20H,2-11H2,1H3,(H,17,21);8-9,17H,5-7H2,1-4H3,(H,15,19);8-9H,2-7,13H2,1H3,(H,14,17);6-7,13H,2-5,11H2,1H3;1-6H3;3*1H;;1H2/q;;;;;;;;;+1;/p-1. The number of carbonyl (C=O) groups is 9. The third kappa shape index (κ3) is 47.3. The molecule has 6 aromatic heterocycles. The quantitative estimate of drug-likeness (QED) is 0.00820. The van der Waals surface area contributed by atoms with E-state index in [2.05, 4.69) is 46.0 Å². The van der Waals surface area contributed by atoms with E-state index < -0.39 is 35.2 Å². The molecular weight excluding hydrogens is 1700 g/mol. The third-order valence-electron chi connectivity index (χ3n) is 17.6. The summed E-state index contributed by atoms with van der Waals surface area (Å²) in [5, 5.41) is 49.9. The number of aryl methyl sites for hydroxylation is 8. The number of ether oxygens (including phenoxy) is 7. The summed E-state index contributed by atoms with van der Waals surface area (Å²) in [7, 11) is 3.59. The van der Waals surface area contributed by atoms with Gasteiger partial charge in [-0.1, -0.05) is 6.42 Å². The van der Waals surface area contributed by atoms with Crippen LogP contribution < -0.4 is 89.4 Å². The zero-order valence-corrected chi connectivity index (χ0v) is 80.8. The van der Waals surface area contributed by atoms with Crippen molar-refractivity contribution in [2.24, 2.45) is 14.1 Å². The number of anilines is 4. The van der Waals surface area contributed by atoms with Crippen molar-refractivity contribution in [1.29, 1.82) is 0 Å². The van der Waals surface area contributed by atoms with Crippen LogP contribution in [0.2, 0.25) is 0 Å². The number of aliphatic hydroxyl groups is 4. The molecule has 0 aliphatic carbocycles. The first kappa shape index (κ1) is 118. The number of esters is 1. The Kier molecular flexibility index (Phi) is 59.0. The number of aliphatic hydroxyl groups excluding tert-OH is 4. The minimum absolute atomic E-state index is 0. The van der Waals surface area contributed by atoms with Gasteiger partial charge in [0.25, 0.3) is 23.6 Å². The number of nitrogens with zero attached hydrogens (tertiary/aromatic N) is 9. The molecule has 5 amide bonds. The van der Waals surface area contributed by atoms with Crippen LogP contribution >= 0.6 is 37.2 Å². The van der Waals surface area contributed by atoms with Crippen molar-refractivity contribution in [3.63, 3.8) is 0 Å². The van der Waals surface area contributed by atoms with Gasteiger partial charge in [-0.2, -0.15) is 0 Å². The summed E-state index contributed by atoms with van der Waals surface area (Å²) in [5.74, 6) is -0.993. The van der Waals surface area contributed by atoms with Gasteiger partial charge in [0.2, 0.25) is 0 Å². The first-order valence-electron chi connectivity index (χ1n) is 40.6. The number of nitrogens with one attached hydrogen (secondary N) is 5. The van der Waals surface area contributed by atoms with Crippen LogP contribution in [0.1, 0.15) is 195 Å². The fraction of sp³-hybridized carbons (Fsp3) is 0.602. The van der Waals surface area contributed by atoms with Gasteiger partial charge in [0, 0.05) is 176 Å². The Balaban J connectivity index is 0. The second-order valence-corrected chi connectivity index (χ2v) is 31.6. The van der Waals surface area contributed by atoms with Crippen LogP contribution in [0, 0.1) is 13.8 Å². The van der Waals surface area contributed by atoms with E-state index in [-0.39, 0.29) is 156 Å². The van der Waals surface area contributed by atoms with E-state index in [1.54, 1.807) is 144 Å². The molecule has 37 nitrogen and oxygen atoms in total. The first-order chi connectivity index (χ1) is 56.2. The number of hydrogen-bond donors (Lipinski definition) is 11. The average Bonchev–Trinajstić information content (AvgIpc) is 1.68. The number of nitrogens with two attached hydrogens (primary N) is 2. The molecule has 0 radical (unpaired) electrons. The molecule has 0 aromatic carbocycles. The topological polar surface area (TPSA) is 481 Å². The van der Waals surface area contributed by atoms with Gasteiger partial charge in [-0.15, -0.1) is 37.2 Å². The van der Waals surface area contributed by atoms with E-state index in [1.807, 2.05) is 54.6 Å². The minimum Gasteiger partial charge on any atom is -0.870 e. The van der Waals surface area contributed by atoms with Crippen molar-refractivity contribution in [3.05, 3.63) is 119 Å². The van der Waals surface area contributed by atoms with Gasteiger partial charge in [-0.3, -0.25) is 39.1 Å². The van der Waals surface area contributed by atoms with E-state index in [9.17, 15) is 43.2 Å². The fourth-order valence-electron chi connectivity index (χ4n) is 12.2. The summed E-state index contributed by atoms with van der Waals surface area (Å²) in [4.78, 5) is 113. The molecule has 3 fully saturated rings. The van der Waals surface area contributed by atoms with E-state index in [0.29, 0.717) is 135 Å². The summed E-state index contributed by atoms with van der Waals surface area (Å²) in [6.45, 7) is 38.9. The van der Waals surface area contributed by atoms with Crippen LogP contribution in [-0.2, 0) is 73.4 Å². The number of piperidine rings is 1. The Labute approximate surface area is 790 Å². The van der Waals surface area contributed by atoms with Gasteiger partial charge >= 0.3 is 75.8 Å². The van der Waals surface area contributed by atoms with Crippen molar-refractivity contribution >= 4 is 114 Å². The van der Waals surface area contributed by atoms with E-state index in [0.717, 1.165) is 96.5 Å². The van der Waals surface area contributed by atoms with Gasteiger partial charge in [0.05, 0.1) is 61.5 Å². The van der Waals surface area contributed by atoms with E-state index in [4.69, 9.17) is 60.3 Å². The van der Waals surface area contributed by atoms with Crippen molar-refractivity contribution in [3.8, 4) is 0 Å². The molecule has 3 aliphatic rings. The van der Waals surface area contributed by atoms with Gasteiger partial charge in [0.15, 0.2) is 5.78 Å². The molecule has 0 atom stereocenters. The van der Waals surface area contributed by atoms with Crippen LogP contribution in [0.25, 0.3) is 0 Å². The molecule has 698 valence electrons. The molecule has 3 aliphatic heterocycles. The van der Waals surface area contributed by atoms with Crippen LogP contribution in [-0.4, -0.2) is 277 Å². The first-order valence-corrected chi connectivity index (χ1v) is 40.6. The van der Waals surface area contributed by atoms with Gasteiger partial charge < -0.3 is 124 Å². The Hall–Kier alpha value is -7.58. The van der Waals surface area contributed by atoms with Crippen LogP contribution in [0.15, 0.2) is 73.6 Å². The summed E-state index contributed by atoms with van der Waals surface area (Å²) >= 11 is 0. The summed E-state index contributed by atoms with van der Waals surface area (Å²) in [6.07, 6.45) is 14.2. The molecule has 6 aromatic rings. The third-order valence-corrected chi connectivity index (χ3v) is 17.6. The normalized spacial score (nSPS) is 13.2. The number of halogens is 3. The summed E-state index contributed by atoms with van der Waals surface area (Å²) in [5.41, 5.74) is 16.7. The van der Waals surface area contributed by atoms with Gasteiger partial charge in [0.1, 0.15) is 45.3 Å². The second-order valence-electron chi connectivity index (χ2n) is 31.6. The number of rotatable bonds is 30. The maximum Gasteiger partial charge on any atom is 1.00 e. The number of nitrogen functional groups attached to an aromatic ring is 2. The van der Waals surface area contributed by atoms with Crippen molar-refractivity contribution < 1.29 is 154 Å². The SMILES string of the molecule is CC(=O)c1cc(NC(=O)OC(C)(C)C)cn1CCCO.CC(C)(C)OC(=O)OC(=O)OC(C)(C)C.CCOC(=O)c1cc(N)cn1CCCO.Cc1cc(C(=O)NCCN2CCCCC2)n(CCCO)c1.Cc1cc(C(=O)Nc2cc(C(=O)NCCN3CCOCC3)n(C)c2)n(CCCO)c1.Cl.Cl.Cl.Cn1cc(N)cc1C(=O)NCCN1CCOCC1.[K+].[OH-]. The number of morpholine rings is 2. The smallest absolute Gasteiger partial charge is 0.870 e. The van der Waals surface area contributed by atoms with E-state index >= 15 is 0 Å². The molecule has 0 saturated carbocycles. The number of amides is 5. The number of hydrogen-bond acceptors (Lipinski definition) is 26. The predicted octanol–water partition coefficient (Wildman–Crippen LogP) is 5.91. The molecule has 3 saturated heterocycles. The van der Waals surface area contributed by atoms with Crippen molar-refractivity contribution in [2.75, 3.05) is 160 Å². The molecule has 124 heavy (non-hydrogen) atoms. The van der Waals surface area contributed by atoms with Gasteiger partial charge in [-0.05, 0) is 182 Å². The molecule has 0 unspecified atom stereocenters. The Morgan fingerprint density at radius 2 is 0.790 bits per heavy atom. The molecular formula is C83H138Cl3KN16O21. The molecule has 41 heteroatoms. The van der Waals surface area contributed by atoms with Crippen LogP contribution in [0.5, 0.6) is 0 Å². The molecule has 0 spiro atoms. The molecule has 0 bridgehead atoms. The molecule has 9 heterocycles. The van der Waals surface area contributed by atoms with Gasteiger partial charge in [-0.25, -0.2) is 19.2 Å². The van der Waals surface area contributed by atoms with E-state index in [1.165, 1.54) is 26.2 Å². The zero-order chi connectivity index (χ0) is 88.4. The zero-order valence-electron chi connectivity index (χ0n) is 75.2. The number of ketones is 1. The maximum absolute atomic E-state index is 12.7. The Morgan fingerprint density at radius 3 is 1.19 bits per heavy atom. The second kappa shape index (κ2) is 61.8. The van der Waals surface area contributed by atoms with Crippen LogP contribution in [0.3, 0.4) is 0 Å². The van der Waals surface area contributed by atoms with Crippen molar-refractivity contribution in [2.45, 2.75) is 178 Å². The summed E-state index contributed by atoms with van der Waals surface area (Å²) in [6, 6.07) is 10.3.